The van der Waals surface area contributed by atoms with Gasteiger partial charge in [0.05, 0.1) is 5.75 Å². The molecule has 1 aromatic heterocycles. The third-order valence-corrected chi connectivity index (χ3v) is 5.81. The van der Waals surface area contributed by atoms with Gasteiger partial charge in [0.1, 0.15) is 5.75 Å². The third-order valence-electron chi connectivity index (χ3n) is 4.79. The summed E-state index contributed by atoms with van der Waals surface area (Å²) in [4.78, 5) is 12.1. The number of benzene rings is 2. The second-order valence-corrected chi connectivity index (χ2v) is 7.97. The van der Waals surface area contributed by atoms with Gasteiger partial charge in [-0.1, -0.05) is 61.2 Å². The lowest BCUT2D eigenvalue weighted by molar-refractivity contribution is -0.118. The van der Waals surface area contributed by atoms with Crippen LogP contribution in [0.15, 0.2) is 59.8 Å². The summed E-state index contributed by atoms with van der Waals surface area (Å²) in [6.45, 7) is 4.69. The molecule has 3 aromatic rings. The van der Waals surface area contributed by atoms with Crippen molar-refractivity contribution >= 4 is 17.7 Å². The molecule has 0 radical (unpaired) electrons. The zero-order chi connectivity index (χ0) is 21.3. The molecule has 3 rings (SSSR count). The highest BCUT2D eigenvalue weighted by Crippen LogP contribution is 2.24. The monoisotopic (exact) mass is 424 g/mol. The molecular formula is C23H28N4O2S. The summed E-state index contributed by atoms with van der Waals surface area (Å²) in [6.07, 6.45) is 1.57. The molecule has 6 nitrogen and oxygen atoms in total. The second kappa shape index (κ2) is 10.8. The summed E-state index contributed by atoms with van der Waals surface area (Å²) in [5.41, 5.74) is 2.48. The van der Waals surface area contributed by atoms with Crippen molar-refractivity contribution in [2.24, 2.45) is 7.05 Å². The van der Waals surface area contributed by atoms with Gasteiger partial charge >= 0.3 is 0 Å². The Morgan fingerprint density at radius 3 is 2.53 bits per heavy atom. The highest BCUT2D eigenvalue weighted by Gasteiger charge is 2.18. The van der Waals surface area contributed by atoms with E-state index in [1.165, 1.54) is 22.9 Å². The number of amides is 1. The molecule has 1 N–H and O–H groups in total. The average Bonchev–Trinajstić information content (AvgIpc) is 3.14. The lowest BCUT2D eigenvalue weighted by Gasteiger charge is -2.14. The SMILES string of the molecule is CCc1ccc(O[C@H](C)c2nnc(SCC(=O)NCCc3ccccc3)n2C)cc1. The Bertz CT molecular complexity index is 942. The van der Waals surface area contributed by atoms with Crippen molar-refractivity contribution in [1.82, 2.24) is 20.1 Å². The van der Waals surface area contributed by atoms with Crippen molar-refractivity contribution in [3.8, 4) is 5.75 Å². The minimum Gasteiger partial charge on any atom is -0.483 e. The molecule has 1 heterocycles. The molecule has 0 aliphatic carbocycles. The van der Waals surface area contributed by atoms with Gasteiger partial charge in [0, 0.05) is 13.6 Å². The Morgan fingerprint density at radius 2 is 1.83 bits per heavy atom. The number of aromatic nitrogens is 3. The van der Waals surface area contributed by atoms with E-state index in [0.717, 1.165) is 24.4 Å². The largest absolute Gasteiger partial charge is 0.483 e. The number of hydrogen-bond acceptors (Lipinski definition) is 5. The van der Waals surface area contributed by atoms with Crippen LogP contribution in [0.4, 0.5) is 0 Å². The fraction of sp³-hybridized carbons (Fsp3) is 0.348. The van der Waals surface area contributed by atoms with E-state index in [4.69, 9.17) is 4.74 Å². The van der Waals surface area contributed by atoms with E-state index in [-0.39, 0.29) is 12.0 Å². The van der Waals surface area contributed by atoms with E-state index in [9.17, 15) is 4.79 Å². The lowest BCUT2D eigenvalue weighted by atomic mass is 10.1. The number of carbonyl (C=O) groups excluding carboxylic acids is 1. The molecule has 30 heavy (non-hydrogen) atoms. The molecule has 0 aliphatic heterocycles. The Labute approximate surface area is 182 Å². The molecule has 2 aromatic carbocycles. The van der Waals surface area contributed by atoms with Crippen molar-refractivity contribution in [2.45, 2.75) is 37.9 Å². The van der Waals surface area contributed by atoms with Gasteiger partial charge < -0.3 is 14.6 Å². The molecule has 1 atom stereocenters. The second-order valence-electron chi connectivity index (χ2n) is 7.03. The maximum atomic E-state index is 12.1. The van der Waals surface area contributed by atoms with Crippen LogP contribution in [0.3, 0.4) is 0 Å². The van der Waals surface area contributed by atoms with Crippen molar-refractivity contribution in [2.75, 3.05) is 12.3 Å². The molecule has 0 unspecified atom stereocenters. The number of hydrogen-bond donors (Lipinski definition) is 1. The molecular weight excluding hydrogens is 396 g/mol. The topological polar surface area (TPSA) is 69.0 Å². The molecule has 158 valence electrons. The number of nitrogens with one attached hydrogen (secondary N) is 1. The molecule has 0 saturated carbocycles. The average molecular weight is 425 g/mol. The number of rotatable bonds is 10. The van der Waals surface area contributed by atoms with Crippen LogP contribution in [0.25, 0.3) is 0 Å². The normalized spacial score (nSPS) is 11.8. The van der Waals surface area contributed by atoms with Gasteiger partial charge in [-0.25, -0.2) is 0 Å². The van der Waals surface area contributed by atoms with Crippen LogP contribution in [0, 0.1) is 0 Å². The van der Waals surface area contributed by atoms with Crippen LogP contribution in [-0.2, 0) is 24.7 Å². The smallest absolute Gasteiger partial charge is 0.230 e. The van der Waals surface area contributed by atoms with Crippen LogP contribution in [0.2, 0.25) is 0 Å². The number of aryl methyl sites for hydroxylation is 1. The first-order chi connectivity index (χ1) is 14.6. The molecule has 1 amide bonds. The van der Waals surface area contributed by atoms with Crippen LogP contribution in [0.1, 0.15) is 36.9 Å². The van der Waals surface area contributed by atoms with Crippen LogP contribution >= 0.6 is 11.8 Å². The van der Waals surface area contributed by atoms with Gasteiger partial charge in [-0.3, -0.25) is 4.79 Å². The first-order valence-electron chi connectivity index (χ1n) is 10.1. The standard InChI is InChI=1S/C23H28N4O2S/c1-4-18-10-12-20(13-11-18)29-17(2)22-25-26-23(27(22)3)30-16-21(28)24-15-14-19-8-6-5-7-9-19/h5-13,17H,4,14-16H2,1-3H3,(H,24,28)/t17-/m1/s1. The molecule has 0 bridgehead atoms. The first-order valence-corrected chi connectivity index (χ1v) is 11.1. The lowest BCUT2D eigenvalue weighted by Crippen LogP contribution is -2.27. The van der Waals surface area contributed by atoms with Gasteiger partial charge in [-0.15, -0.1) is 10.2 Å². The number of thioether (sulfide) groups is 1. The predicted octanol–water partition coefficient (Wildman–Crippen LogP) is 3.97. The number of ether oxygens (including phenoxy) is 1. The highest BCUT2D eigenvalue weighted by molar-refractivity contribution is 7.99. The van der Waals surface area contributed by atoms with Crippen LogP contribution < -0.4 is 10.1 Å². The van der Waals surface area contributed by atoms with E-state index in [1.54, 1.807) is 0 Å². The molecule has 7 heteroatoms. The van der Waals surface area contributed by atoms with Crippen molar-refractivity contribution in [3.05, 3.63) is 71.5 Å². The quantitative estimate of drug-likeness (QED) is 0.499. The van der Waals surface area contributed by atoms with Gasteiger partial charge in [-0.05, 0) is 43.0 Å². The minimum atomic E-state index is -0.246. The summed E-state index contributed by atoms with van der Waals surface area (Å²) in [6, 6.07) is 18.2. The number of carbonyl (C=O) groups is 1. The zero-order valence-corrected chi connectivity index (χ0v) is 18.5. The van der Waals surface area contributed by atoms with E-state index in [1.807, 2.05) is 48.9 Å². The summed E-state index contributed by atoms with van der Waals surface area (Å²) >= 11 is 1.37. The zero-order valence-electron chi connectivity index (χ0n) is 17.7. The van der Waals surface area contributed by atoms with Gasteiger partial charge in [0.2, 0.25) is 5.91 Å². The first kappa shape index (κ1) is 21.9. The third kappa shape index (κ3) is 6.10. The summed E-state index contributed by atoms with van der Waals surface area (Å²) in [5.74, 6) is 1.81. The van der Waals surface area contributed by atoms with E-state index in [2.05, 4.69) is 46.7 Å². The molecule has 0 aliphatic rings. The minimum absolute atomic E-state index is 0.0132. The fourth-order valence-corrected chi connectivity index (χ4v) is 3.79. The van der Waals surface area contributed by atoms with E-state index < -0.39 is 0 Å². The molecule has 0 fully saturated rings. The van der Waals surface area contributed by atoms with E-state index in [0.29, 0.717) is 17.5 Å². The van der Waals surface area contributed by atoms with Crippen LogP contribution in [0.5, 0.6) is 5.75 Å². The molecule has 0 saturated heterocycles. The summed E-state index contributed by atoms with van der Waals surface area (Å²) in [7, 11) is 1.89. The van der Waals surface area contributed by atoms with Crippen molar-refractivity contribution < 1.29 is 9.53 Å². The predicted molar refractivity (Wildman–Crippen MR) is 120 cm³/mol. The number of nitrogens with zero attached hydrogens (tertiary/aromatic N) is 3. The fourth-order valence-electron chi connectivity index (χ4n) is 3.04. The van der Waals surface area contributed by atoms with Gasteiger partial charge in [0.15, 0.2) is 17.1 Å². The van der Waals surface area contributed by atoms with Gasteiger partial charge in [-0.2, -0.15) is 0 Å². The Morgan fingerprint density at radius 1 is 1.10 bits per heavy atom. The summed E-state index contributed by atoms with van der Waals surface area (Å²) < 4.78 is 7.88. The summed E-state index contributed by atoms with van der Waals surface area (Å²) in [5, 5.41) is 12.1. The van der Waals surface area contributed by atoms with Gasteiger partial charge in [0.25, 0.3) is 0 Å². The maximum Gasteiger partial charge on any atom is 0.230 e. The van der Waals surface area contributed by atoms with Crippen LogP contribution in [-0.4, -0.2) is 33.0 Å². The van der Waals surface area contributed by atoms with E-state index >= 15 is 0 Å². The highest BCUT2D eigenvalue weighted by atomic mass is 32.2. The van der Waals surface area contributed by atoms with Crippen molar-refractivity contribution in [3.63, 3.8) is 0 Å². The Balaban J connectivity index is 1.47. The van der Waals surface area contributed by atoms with Crippen molar-refractivity contribution in [1.29, 1.82) is 0 Å². The Kier molecular flexibility index (Phi) is 7.90. The Hall–Kier alpha value is -2.80. The maximum absolute atomic E-state index is 12.1. The molecule has 0 spiro atoms.